The van der Waals surface area contributed by atoms with Crippen molar-refractivity contribution in [2.45, 2.75) is 72.1 Å². The van der Waals surface area contributed by atoms with E-state index in [1.54, 1.807) is 13.0 Å². The lowest BCUT2D eigenvalue weighted by Gasteiger charge is -2.22. The Morgan fingerprint density at radius 1 is 1.15 bits per heavy atom. The van der Waals surface area contributed by atoms with Gasteiger partial charge in [-0.1, -0.05) is 39.5 Å². The van der Waals surface area contributed by atoms with Crippen LogP contribution in [0.3, 0.4) is 0 Å². The standard InChI is InChI=1S/C22H31F2IO2/c1-4-6-12-26-17(5-2)22(25)19-15(3)13-18(20(23)21(19)24)27-14-16-10-8-7-9-11-16/h13,16H,4-12,14H2,1-3H3/b22-17-. The van der Waals surface area contributed by atoms with Crippen molar-refractivity contribution in [2.24, 2.45) is 5.92 Å². The third-order valence-electron chi connectivity index (χ3n) is 5.13. The number of aryl methyl sites for hydroxylation is 1. The molecule has 0 heterocycles. The van der Waals surface area contributed by atoms with Gasteiger partial charge in [0, 0.05) is 12.0 Å². The summed E-state index contributed by atoms with van der Waals surface area (Å²) in [5.41, 5.74) is 0.952. The van der Waals surface area contributed by atoms with Crippen LogP contribution in [0, 0.1) is 24.5 Å². The average molecular weight is 492 g/mol. The van der Waals surface area contributed by atoms with Crippen LogP contribution >= 0.6 is 22.6 Å². The molecular weight excluding hydrogens is 461 g/mol. The lowest BCUT2D eigenvalue weighted by molar-refractivity contribution is 0.200. The van der Waals surface area contributed by atoms with Gasteiger partial charge in [-0.3, -0.25) is 0 Å². The summed E-state index contributed by atoms with van der Waals surface area (Å²) in [6, 6.07) is 1.62. The summed E-state index contributed by atoms with van der Waals surface area (Å²) in [4.78, 5) is 0. The molecule has 5 heteroatoms. The van der Waals surface area contributed by atoms with Crippen LogP contribution in [-0.2, 0) is 4.74 Å². The minimum atomic E-state index is -0.899. The molecule has 0 amide bonds. The first-order valence-corrected chi connectivity index (χ1v) is 11.2. The van der Waals surface area contributed by atoms with E-state index in [9.17, 15) is 8.78 Å². The van der Waals surface area contributed by atoms with E-state index >= 15 is 0 Å². The van der Waals surface area contributed by atoms with E-state index < -0.39 is 11.6 Å². The first-order valence-electron chi connectivity index (χ1n) is 10.1. The number of hydrogen-bond donors (Lipinski definition) is 0. The molecule has 152 valence electrons. The topological polar surface area (TPSA) is 18.5 Å². The van der Waals surface area contributed by atoms with Crippen molar-refractivity contribution in [1.82, 2.24) is 0 Å². The number of unbranched alkanes of at least 4 members (excludes halogenated alkanes) is 1. The van der Waals surface area contributed by atoms with Crippen molar-refractivity contribution in [3.05, 3.63) is 34.6 Å². The fourth-order valence-corrected chi connectivity index (χ4v) is 4.66. The summed E-state index contributed by atoms with van der Waals surface area (Å²) in [5, 5.41) is 0. The summed E-state index contributed by atoms with van der Waals surface area (Å²) in [7, 11) is 0. The Bertz CT molecular complexity index is 652. The minimum Gasteiger partial charge on any atom is -0.497 e. The molecule has 1 aromatic rings. The minimum absolute atomic E-state index is 0.0217. The Hall–Kier alpha value is -0.850. The zero-order valence-corrected chi connectivity index (χ0v) is 18.8. The van der Waals surface area contributed by atoms with E-state index in [1.807, 2.05) is 6.92 Å². The third kappa shape index (κ3) is 6.06. The van der Waals surface area contributed by atoms with Gasteiger partial charge in [-0.2, -0.15) is 4.39 Å². The maximum atomic E-state index is 14.9. The maximum absolute atomic E-state index is 14.9. The summed E-state index contributed by atoms with van der Waals surface area (Å²) >= 11 is 2.06. The summed E-state index contributed by atoms with van der Waals surface area (Å²) < 4.78 is 41.7. The average Bonchev–Trinajstić information content (AvgIpc) is 2.67. The fraction of sp³-hybridized carbons (Fsp3) is 0.636. The first kappa shape index (κ1) is 22.4. The van der Waals surface area contributed by atoms with Gasteiger partial charge in [0.2, 0.25) is 5.82 Å². The van der Waals surface area contributed by atoms with Crippen molar-refractivity contribution in [2.75, 3.05) is 13.2 Å². The molecule has 27 heavy (non-hydrogen) atoms. The predicted molar refractivity (Wildman–Crippen MR) is 115 cm³/mol. The van der Waals surface area contributed by atoms with Gasteiger partial charge in [0.15, 0.2) is 11.6 Å². The van der Waals surface area contributed by atoms with Crippen LogP contribution in [0.1, 0.15) is 76.3 Å². The molecule has 0 aliphatic heterocycles. The number of hydrogen-bond acceptors (Lipinski definition) is 2. The monoisotopic (exact) mass is 492 g/mol. The number of rotatable bonds is 9. The first-order chi connectivity index (χ1) is 13.0. The van der Waals surface area contributed by atoms with Crippen molar-refractivity contribution in [1.29, 1.82) is 0 Å². The lowest BCUT2D eigenvalue weighted by Crippen LogP contribution is -2.16. The van der Waals surface area contributed by atoms with Gasteiger partial charge in [0.1, 0.15) is 5.76 Å². The molecule has 0 saturated heterocycles. The Labute approximate surface area is 175 Å². The Balaban J connectivity index is 2.21. The Kier molecular flexibility index (Phi) is 9.33. The predicted octanol–water partition coefficient (Wildman–Crippen LogP) is 7.56. The third-order valence-corrected chi connectivity index (χ3v) is 6.27. The van der Waals surface area contributed by atoms with E-state index in [4.69, 9.17) is 9.47 Å². The molecular formula is C22H31F2IO2. The van der Waals surface area contributed by atoms with Gasteiger partial charge in [-0.05, 0) is 66.3 Å². The van der Waals surface area contributed by atoms with E-state index in [2.05, 4.69) is 29.5 Å². The Morgan fingerprint density at radius 2 is 1.85 bits per heavy atom. The number of benzene rings is 1. The highest BCUT2D eigenvalue weighted by Gasteiger charge is 2.23. The second kappa shape index (κ2) is 11.2. The fourth-order valence-electron chi connectivity index (χ4n) is 3.46. The number of ether oxygens (including phenoxy) is 2. The molecule has 1 aliphatic carbocycles. The maximum Gasteiger partial charge on any atom is 0.201 e. The van der Waals surface area contributed by atoms with Crippen molar-refractivity contribution in [3.8, 4) is 5.75 Å². The molecule has 0 unspecified atom stereocenters. The summed E-state index contributed by atoms with van der Waals surface area (Å²) in [6.45, 7) is 6.91. The van der Waals surface area contributed by atoms with E-state index in [-0.39, 0.29) is 11.3 Å². The van der Waals surface area contributed by atoms with Crippen LogP contribution in [-0.4, -0.2) is 13.2 Å². The van der Waals surface area contributed by atoms with Crippen molar-refractivity contribution in [3.63, 3.8) is 0 Å². The highest BCUT2D eigenvalue weighted by molar-refractivity contribution is 14.1. The molecule has 0 radical (unpaired) electrons. The zero-order chi connectivity index (χ0) is 19.8. The number of allylic oxidation sites excluding steroid dienone is 1. The quantitative estimate of drug-likeness (QED) is 0.201. The molecule has 2 nitrogen and oxygen atoms in total. The number of halogens is 3. The van der Waals surface area contributed by atoms with Crippen LogP contribution in [0.5, 0.6) is 5.75 Å². The molecule has 0 aromatic heterocycles. The van der Waals surface area contributed by atoms with Gasteiger partial charge < -0.3 is 9.47 Å². The van der Waals surface area contributed by atoms with Gasteiger partial charge in [0.25, 0.3) is 0 Å². The molecule has 0 spiro atoms. The smallest absolute Gasteiger partial charge is 0.201 e. The van der Waals surface area contributed by atoms with Gasteiger partial charge in [-0.25, -0.2) is 4.39 Å². The van der Waals surface area contributed by atoms with Gasteiger partial charge in [-0.15, -0.1) is 0 Å². The zero-order valence-electron chi connectivity index (χ0n) is 16.7. The molecule has 2 rings (SSSR count). The summed E-state index contributed by atoms with van der Waals surface area (Å²) in [5.74, 6) is -0.567. The molecule has 0 bridgehead atoms. The molecule has 0 N–H and O–H groups in total. The SMILES string of the molecule is CCCCO/C(CC)=C(\I)c1c(C)cc(OCC2CCCCC2)c(F)c1F. The largest absolute Gasteiger partial charge is 0.497 e. The van der Waals surface area contributed by atoms with Gasteiger partial charge in [0.05, 0.1) is 16.8 Å². The second-order valence-corrected chi connectivity index (χ2v) is 8.38. The van der Waals surface area contributed by atoms with E-state index in [0.717, 1.165) is 25.7 Å². The van der Waals surface area contributed by atoms with Crippen LogP contribution < -0.4 is 4.74 Å². The normalized spacial score (nSPS) is 16.2. The van der Waals surface area contributed by atoms with Gasteiger partial charge >= 0.3 is 0 Å². The van der Waals surface area contributed by atoms with E-state index in [1.165, 1.54) is 19.3 Å². The second-order valence-electron chi connectivity index (χ2n) is 7.30. The van der Waals surface area contributed by atoms with Crippen LogP contribution in [0.2, 0.25) is 0 Å². The Morgan fingerprint density at radius 3 is 2.48 bits per heavy atom. The van der Waals surface area contributed by atoms with Crippen LogP contribution in [0.15, 0.2) is 11.8 Å². The van der Waals surface area contributed by atoms with Crippen LogP contribution in [0.25, 0.3) is 3.58 Å². The molecule has 1 fully saturated rings. The summed E-state index contributed by atoms with van der Waals surface area (Å²) in [6.07, 6.45) is 8.49. The lowest BCUT2D eigenvalue weighted by atomic mass is 9.90. The van der Waals surface area contributed by atoms with Crippen molar-refractivity contribution < 1.29 is 18.3 Å². The highest BCUT2D eigenvalue weighted by Crippen LogP contribution is 2.37. The molecule has 0 atom stereocenters. The molecule has 1 saturated carbocycles. The van der Waals surface area contributed by atoms with Crippen LogP contribution in [0.4, 0.5) is 8.78 Å². The molecule has 1 aromatic carbocycles. The van der Waals surface area contributed by atoms with E-state index in [0.29, 0.717) is 40.5 Å². The molecule has 1 aliphatic rings. The van der Waals surface area contributed by atoms with Crippen molar-refractivity contribution >= 4 is 26.2 Å². The highest BCUT2D eigenvalue weighted by atomic mass is 127.